The maximum Gasteiger partial charge on any atom is 0.220 e. The van der Waals surface area contributed by atoms with Crippen LogP contribution in [-0.4, -0.2) is 29.9 Å². The van der Waals surface area contributed by atoms with E-state index in [0.717, 1.165) is 49.3 Å². The van der Waals surface area contributed by atoms with Gasteiger partial charge in [0.2, 0.25) is 5.91 Å². The lowest BCUT2D eigenvalue weighted by atomic mass is 10.0. The zero-order valence-electron chi connectivity index (χ0n) is 15.0. The second-order valence-corrected chi connectivity index (χ2v) is 6.94. The van der Waals surface area contributed by atoms with Gasteiger partial charge in [0.1, 0.15) is 5.82 Å². The first-order valence-electron chi connectivity index (χ1n) is 9.20. The van der Waals surface area contributed by atoms with Crippen LogP contribution in [-0.2, 0) is 17.8 Å². The molecule has 138 valence electrons. The molecule has 0 aromatic heterocycles. The van der Waals surface area contributed by atoms with Crippen molar-refractivity contribution < 1.29 is 9.18 Å². The number of hydrogen-bond donors (Lipinski definition) is 2. The second-order valence-electron chi connectivity index (χ2n) is 6.94. The topological polar surface area (TPSA) is 58.4 Å². The molecule has 2 aromatic carbocycles. The summed E-state index contributed by atoms with van der Waals surface area (Å²) >= 11 is 0. The number of nitrogens with two attached hydrogens (primary N) is 1. The van der Waals surface area contributed by atoms with Crippen LogP contribution in [0.2, 0.25) is 0 Å². The van der Waals surface area contributed by atoms with Crippen molar-refractivity contribution in [3.63, 3.8) is 0 Å². The van der Waals surface area contributed by atoms with Gasteiger partial charge in [-0.1, -0.05) is 30.3 Å². The SMILES string of the molecule is Nc1ccccc1CCC(=O)NC1CCN(Cc2ccc(F)cc2)CC1. The van der Waals surface area contributed by atoms with Gasteiger partial charge in [-0.3, -0.25) is 9.69 Å². The molecule has 0 atom stereocenters. The van der Waals surface area contributed by atoms with Gasteiger partial charge in [0.25, 0.3) is 0 Å². The van der Waals surface area contributed by atoms with Gasteiger partial charge in [-0.2, -0.15) is 0 Å². The lowest BCUT2D eigenvalue weighted by Gasteiger charge is -2.32. The minimum absolute atomic E-state index is 0.0882. The summed E-state index contributed by atoms with van der Waals surface area (Å²) in [4.78, 5) is 14.5. The number of carbonyl (C=O) groups is 1. The van der Waals surface area contributed by atoms with Crippen LogP contribution in [0.3, 0.4) is 0 Å². The van der Waals surface area contributed by atoms with Crippen LogP contribution in [0.15, 0.2) is 48.5 Å². The zero-order valence-corrected chi connectivity index (χ0v) is 15.0. The first-order chi connectivity index (χ1) is 12.6. The van der Waals surface area contributed by atoms with E-state index in [1.165, 1.54) is 12.1 Å². The van der Waals surface area contributed by atoms with Crippen molar-refractivity contribution in [3.05, 3.63) is 65.5 Å². The molecule has 1 saturated heterocycles. The molecule has 1 amide bonds. The molecule has 0 spiro atoms. The molecule has 1 heterocycles. The van der Waals surface area contributed by atoms with Crippen molar-refractivity contribution >= 4 is 11.6 Å². The van der Waals surface area contributed by atoms with Gasteiger partial charge in [0.05, 0.1) is 0 Å². The number of aryl methyl sites for hydroxylation is 1. The number of nitrogen functional groups attached to an aromatic ring is 1. The Morgan fingerprint density at radius 3 is 2.50 bits per heavy atom. The van der Waals surface area contributed by atoms with E-state index in [4.69, 9.17) is 5.73 Å². The number of nitrogens with zero attached hydrogens (tertiary/aromatic N) is 1. The van der Waals surface area contributed by atoms with Crippen LogP contribution in [0, 0.1) is 5.82 Å². The van der Waals surface area contributed by atoms with Crippen molar-refractivity contribution in [3.8, 4) is 0 Å². The van der Waals surface area contributed by atoms with Crippen molar-refractivity contribution in [2.45, 2.75) is 38.3 Å². The Morgan fingerprint density at radius 2 is 1.81 bits per heavy atom. The molecule has 0 bridgehead atoms. The van der Waals surface area contributed by atoms with E-state index in [1.807, 2.05) is 36.4 Å². The quantitative estimate of drug-likeness (QED) is 0.783. The van der Waals surface area contributed by atoms with Crippen LogP contribution in [0.25, 0.3) is 0 Å². The number of carbonyl (C=O) groups excluding carboxylic acids is 1. The molecule has 0 aliphatic carbocycles. The number of likely N-dealkylation sites (tertiary alicyclic amines) is 1. The van der Waals surface area contributed by atoms with E-state index in [0.29, 0.717) is 12.8 Å². The fraction of sp³-hybridized carbons (Fsp3) is 0.381. The molecule has 5 heteroatoms. The summed E-state index contributed by atoms with van der Waals surface area (Å²) in [5.41, 5.74) is 8.81. The third kappa shape index (κ3) is 5.30. The number of nitrogens with one attached hydrogen (secondary N) is 1. The maximum atomic E-state index is 13.0. The predicted molar refractivity (Wildman–Crippen MR) is 102 cm³/mol. The Balaban J connectivity index is 1.38. The summed E-state index contributed by atoms with van der Waals surface area (Å²) in [5.74, 6) is -0.113. The standard InChI is InChI=1S/C21H26FN3O/c22-18-8-5-16(6-9-18)15-25-13-11-19(12-14-25)24-21(26)10-7-17-3-1-2-4-20(17)23/h1-6,8-9,19H,7,10-15,23H2,(H,24,26). The molecule has 0 radical (unpaired) electrons. The van der Waals surface area contributed by atoms with E-state index in [2.05, 4.69) is 10.2 Å². The number of amides is 1. The molecule has 1 fully saturated rings. The van der Waals surface area contributed by atoms with Crippen LogP contribution in [0.4, 0.5) is 10.1 Å². The summed E-state index contributed by atoms with van der Waals surface area (Å²) in [7, 11) is 0. The zero-order chi connectivity index (χ0) is 18.4. The summed E-state index contributed by atoms with van der Waals surface area (Å²) < 4.78 is 13.0. The minimum atomic E-state index is -0.201. The lowest BCUT2D eigenvalue weighted by Crippen LogP contribution is -2.44. The Hall–Kier alpha value is -2.40. The van der Waals surface area contributed by atoms with Crippen molar-refractivity contribution in [2.24, 2.45) is 0 Å². The van der Waals surface area contributed by atoms with E-state index in [-0.39, 0.29) is 17.8 Å². The van der Waals surface area contributed by atoms with Gasteiger partial charge in [0.15, 0.2) is 0 Å². The van der Waals surface area contributed by atoms with Gasteiger partial charge >= 0.3 is 0 Å². The number of rotatable bonds is 6. The molecule has 1 aliphatic rings. The number of halogens is 1. The number of hydrogen-bond acceptors (Lipinski definition) is 3. The fourth-order valence-electron chi connectivity index (χ4n) is 3.39. The average Bonchev–Trinajstić information content (AvgIpc) is 2.64. The first-order valence-corrected chi connectivity index (χ1v) is 9.20. The molecular formula is C21H26FN3O. The number of anilines is 1. The molecule has 4 nitrogen and oxygen atoms in total. The van der Waals surface area contributed by atoms with Gasteiger partial charge in [-0.15, -0.1) is 0 Å². The van der Waals surface area contributed by atoms with E-state index >= 15 is 0 Å². The Labute approximate surface area is 154 Å². The van der Waals surface area contributed by atoms with Crippen LogP contribution in [0.1, 0.15) is 30.4 Å². The van der Waals surface area contributed by atoms with E-state index < -0.39 is 0 Å². The van der Waals surface area contributed by atoms with Gasteiger partial charge in [-0.25, -0.2) is 4.39 Å². The highest BCUT2D eigenvalue weighted by Crippen LogP contribution is 2.16. The molecule has 3 rings (SSSR count). The minimum Gasteiger partial charge on any atom is -0.399 e. The highest BCUT2D eigenvalue weighted by molar-refractivity contribution is 5.76. The van der Waals surface area contributed by atoms with E-state index in [9.17, 15) is 9.18 Å². The number of piperidine rings is 1. The Morgan fingerprint density at radius 1 is 1.12 bits per heavy atom. The Bertz CT molecular complexity index is 724. The second kappa shape index (κ2) is 8.81. The third-order valence-electron chi connectivity index (χ3n) is 4.95. The highest BCUT2D eigenvalue weighted by atomic mass is 19.1. The smallest absolute Gasteiger partial charge is 0.220 e. The molecule has 26 heavy (non-hydrogen) atoms. The molecule has 2 aromatic rings. The first kappa shape index (κ1) is 18.4. The normalized spacial score (nSPS) is 15.7. The summed E-state index contributed by atoms with van der Waals surface area (Å²) in [6, 6.07) is 14.6. The number of benzene rings is 2. The fourth-order valence-corrected chi connectivity index (χ4v) is 3.39. The average molecular weight is 355 g/mol. The largest absolute Gasteiger partial charge is 0.399 e. The third-order valence-corrected chi connectivity index (χ3v) is 4.95. The molecule has 0 saturated carbocycles. The maximum absolute atomic E-state index is 13.0. The van der Waals surface area contributed by atoms with Gasteiger partial charge in [-0.05, 0) is 48.6 Å². The van der Waals surface area contributed by atoms with Crippen molar-refractivity contribution in [1.29, 1.82) is 0 Å². The molecule has 3 N–H and O–H groups in total. The predicted octanol–water partition coefficient (Wildman–Crippen LogP) is 3.12. The van der Waals surface area contributed by atoms with Gasteiger partial charge < -0.3 is 11.1 Å². The van der Waals surface area contributed by atoms with Gasteiger partial charge in [0, 0.05) is 37.8 Å². The van der Waals surface area contributed by atoms with Crippen molar-refractivity contribution in [2.75, 3.05) is 18.8 Å². The van der Waals surface area contributed by atoms with Crippen molar-refractivity contribution in [1.82, 2.24) is 10.2 Å². The van der Waals surface area contributed by atoms with Crippen LogP contribution >= 0.6 is 0 Å². The summed E-state index contributed by atoms with van der Waals surface area (Å²) in [5, 5.41) is 3.14. The van der Waals surface area contributed by atoms with Crippen LogP contribution in [0.5, 0.6) is 0 Å². The number of para-hydroxylation sites is 1. The van der Waals surface area contributed by atoms with Crippen LogP contribution < -0.4 is 11.1 Å². The molecular weight excluding hydrogens is 329 g/mol. The lowest BCUT2D eigenvalue weighted by molar-refractivity contribution is -0.122. The summed E-state index contributed by atoms with van der Waals surface area (Å²) in [6.07, 6.45) is 3.02. The molecule has 0 unspecified atom stereocenters. The highest BCUT2D eigenvalue weighted by Gasteiger charge is 2.20. The molecule has 1 aliphatic heterocycles. The monoisotopic (exact) mass is 355 g/mol. The Kier molecular flexibility index (Phi) is 6.23. The van der Waals surface area contributed by atoms with E-state index in [1.54, 1.807) is 0 Å². The summed E-state index contributed by atoms with van der Waals surface area (Å²) in [6.45, 7) is 2.70.